The number of rotatable bonds is 6. The molecule has 0 aliphatic carbocycles. The molecule has 0 bridgehead atoms. The van der Waals surface area contributed by atoms with Crippen molar-refractivity contribution in [1.29, 1.82) is 0 Å². The smallest absolute Gasteiger partial charge is 0.306 e. The number of carbonyl (C=O) groups is 3. The van der Waals surface area contributed by atoms with Gasteiger partial charge in [-0.25, -0.2) is 0 Å². The van der Waals surface area contributed by atoms with Crippen LogP contribution in [-0.2, 0) is 19.8 Å². The van der Waals surface area contributed by atoms with Crippen molar-refractivity contribution in [2.24, 2.45) is 5.92 Å². The van der Waals surface area contributed by atoms with Crippen molar-refractivity contribution in [1.82, 2.24) is 9.80 Å². The van der Waals surface area contributed by atoms with Crippen molar-refractivity contribution < 1.29 is 24.2 Å². The van der Waals surface area contributed by atoms with E-state index in [2.05, 4.69) is 0 Å². The molecule has 1 aliphatic rings. The topological polar surface area (TPSA) is 87.2 Å². The number of nitrogens with zero attached hydrogens (tertiary/aromatic N) is 2. The number of hydrogen-bond acceptors (Lipinski definition) is 4. The number of ether oxygens (including phenoxy) is 1. The fourth-order valence-electron chi connectivity index (χ4n) is 3.36. The van der Waals surface area contributed by atoms with E-state index in [4.69, 9.17) is 9.84 Å². The molecule has 7 heteroatoms. The van der Waals surface area contributed by atoms with Gasteiger partial charge in [0.15, 0.2) is 0 Å². The van der Waals surface area contributed by atoms with Crippen LogP contribution in [0.1, 0.15) is 32.3 Å². The molecule has 1 aromatic carbocycles. The number of benzene rings is 1. The molecule has 0 atom stereocenters. The van der Waals surface area contributed by atoms with E-state index in [1.54, 1.807) is 19.1 Å². The van der Waals surface area contributed by atoms with Crippen LogP contribution in [0.5, 0.6) is 5.75 Å². The molecule has 0 unspecified atom stereocenters. The Morgan fingerprint density at radius 1 is 1.19 bits per heavy atom. The summed E-state index contributed by atoms with van der Waals surface area (Å²) in [5, 5.41) is 9.05. The van der Waals surface area contributed by atoms with Gasteiger partial charge in [0.1, 0.15) is 5.75 Å². The predicted molar refractivity (Wildman–Crippen MR) is 101 cm³/mol. The summed E-state index contributed by atoms with van der Waals surface area (Å²) in [6.45, 7) is 4.47. The zero-order valence-corrected chi connectivity index (χ0v) is 16.4. The molecule has 1 N–H and O–H groups in total. The number of carboxylic acids is 1. The third-order valence-corrected chi connectivity index (χ3v) is 5.26. The van der Waals surface area contributed by atoms with Crippen LogP contribution in [0.25, 0.3) is 0 Å². The van der Waals surface area contributed by atoms with Gasteiger partial charge in [0.2, 0.25) is 11.8 Å². The molecule has 0 radical (unpaired) electrons. The highest BCUT2D eigenvalue weighted by molar-refractivity contribution is 5.91. The third-order valence-electron chi connectivity index (χ3n) is 5.26. The van der Waals surface area contributed by atoms with Crippen LogP contribution < -0.4 is 4.74 Å². The first-order chi connectivity index (χ1) is 12.7. The van der Waals surface area contributed by atoms with Crippen LogP contribution in [0.15, 0.2) is 24.3 Å². The minimum atomic E-state index is -0.810. The van der Waals surface area contributed by atoms with Crippen LogP contribution in [-0.4, -0.2) is 66.5 Å². The maximum Gasteiger partial charge on any atom is 0.306 e. The van der Waals surface area contributed by atoms with E-state index < -0.39 is 11.4 Å². The van der Waals surface area contributed by atoms with Crippen LogP contribution in [0, 0.1) is 5.92 Å². The first kappa shape index (κ1) is 20.7. The summed E-state index contributed by atoms with van der Waals surface area (Å²) in [6.07, 6.45) is 0.909. The molecule has 0 saturated carbocycles. The van der Waals surface area contributed by atoms with Gasteiger partial charge < -0.3 is 19.6 Å². The van der Waals surface area contributed by atoms with Crippen molar-refractivity contribution >= 4 is 17.8 Å². The second-order valence-corrected chi connectivity index (χ2v) is 7.51. The molecule has 1 heterocycles. The van der Waals surface area contributed by atoms with E-state index in [-0.39, 0.29) is 24.3 Å². The first-order valence-electron chi connectivity index (χ1n) is 9.07. The first-order valence-corrected chi connectivity index (χ1v) is 9.07. The van der Waals surface area contributed by atoms with Crippen LogP contribution in [0.4, 0.5) is 0 Å². The Morgan fingerprint density at radius 2 is 1.74 bits per heavy atom. The van der Waals surface area contributed by atoms with Gasteiger partial charge in [0, 0.05) is 20.1 Å². The number of carboxylic acid groups (broad SMARTS) is 1. The normalized spacial score (nSPS) is 15.3. The second kappa shape index (κ2) is 8.41. The van der Waals surface area contributed by atoms with Crippen molar-refractivity contribution in [3.8, 4) is 5.75 Å². The van der Waals surface area contributed by atoms with E-state index in [1.165, 1.54) is 4.90 Å². The van der Waals surface area contributed by atoms with Crippen molar-refractivity contribution in [2.45, 2.75) is 32.1 Å². The molecule has 0 spiro atoms. The van der Waals surface area contributed by atoms with Gasteiger partial charge in [-0.2, -0.15) is 0 Å². The van der Waals surface area contributed by atoms with Crippen molar-refractivity contribution in [3.05, 3.63) is 29.8 Å². The number of methoxy groups -OCH3 is 1. The van der Waals surface area contributed by atoms with Crippen molar-refractivity contribution in [2.75, 3.05) is 33.8 Å². The molecule has 148 valence electrons. The Hall–Kier alpha value is -2.57. The number of likely N-dealkylation sites (tertiary alicyclic amines) is 1. The zero-order valence-electron chi connectivity index (χ0n) is 16.4. The molecule has 2 amide bonds. The number of aliphatic carboxylic acids is 1. The van der Waals surface area contributed by atoms with Gasteiger partial charge >= 0.3 is 5.97 Å². The standard InChI is InChI=1S/C20H28N2O5/c1-20(2,15-5-7-16(27-4)8-6-15)19(26)21(3)13-17(23)22-11-9-14(10-12-22)18(24)25/h5-8,14H,9-13H2,1-4H3,(H,24,25). The summed E-state index contributed by atoms with van der Waals surface area (Å²) in [5.41, 5.74) is 0.0623. The van der Waals surface area contributed by atoms with Gasteiger partial charge in [-0.3, -0.25) is 14.4 Å². The lowest BCUT2D eigenvalue weighted by Crippen LogP contribution is -2.48. The monoisotopic (exact) mass is 376 g/mol. The minimum Gasteiger partial charge on any atom is -0.497 e. The highest BCUT2D eigenvalue weighted by atomic mass is 16.5. The Bertz CT molecular complexity index is 691. The van der Waals surface area contributed by atoms with E-state index in [9.17, 15) is 14.4 Å². The quantitative estimate of drug-likeness (QED) is 0.817. The Labute approximate surface area is 159 Å². The number of carbonyl (C=O) groups excluding carboxylic acids is 2. The fourth-order valence-corrected chi connectivity index (χ4v) is 3.36. The molecule has 0 aromatic heterocycles. The average molecular weight is 376 g/mol. The molecule has 2 rings (SSSR count). The van der Waals surface area contributed by atoms with Crippen LogP contribution in [0.2, 0.25) is 0 Å². The summed E-state index contributed by atoms with van der Waals surface area (Å²) >= 11 is 0. The van der Waals surface area contributed by atoms with Gasteiger partial charge in [-0.1, -0.05) is 12.1 Å². The molecule has 1 aliphatic heterocycles. The van der Waals surface area contributed by atoms with Crippen LogP contribution in [0.3, 0.4) is 0 Å². The Balaban J connectivity index is 1.97. The average Bonchev–Trinajstić information content (AvgIpc) is 2.67. The van der Waals surface area contributed by atoms with Gasteiger partial charge in [0.05, 0.1) is 25.0 Å². The maximum absolute atomic E-state index is 12.9. The Morgan fingerprint density at radius 3 is 2.22 bits per heavy atom. The molecule has 7 nitrogen and oxygen atoms in total. The largest absolute Gasteiger partial charge is 0.497 e. The molecule has 1 saturated heterocycles. The van der Waals surface area contributed by atoms with Crippen molar-refractivity contribution in [3.63, 3.8) is 0 Å². The lowest BCUT2D eigenvalue weighted by molar-refractivity contribution is -0.147. The zero-order chi connectivity index (χ0) is 20.2. The molecular weight excluding hydrogens is 348 g/mol. The molecule has 1 fully saturated rings. The minimum absolute atomic E-state index is 0.0177. The Kier molecular flexibility index (Phi) is 6.46. The maximum atomic E-state index is 12.9. The second-order valence-electron chi connectivity index (χ2n) is 7.51. The molecular formula is C20H28N2O5. The summed E-state index contributed by atoms with van der Waals surface area (Å²) in [6, 6.07) is 7.32. The summed E-state index contributed by atoms with van der Waals surface area (Å²) in [4.78, 5) is 39.5. The predicted octanol–water partition coefficient (Wildman–Crippen LogP) is 1.75. The van der Waals surface area contributed by atoms with Gasteiger partial charge in [-0.15, -0.1) is 0 Å². The number of likely N-dealkylation sites (N-methyl/N-ethyl adjacent to an activating group) is 1. The van der Waals surface area contributed by atoms with Gasteiger partial charge in [0.25, 0.3) is 0 Å². The molecule has 27 heavy (non-hydrogen) atoms. The number of piperidine rings is 1. The number of amides is 2. The number of hydrogen-bond donors (Lipinski definition) is 1. The molecule has 1 aromatic rings. The SMILES string of the molecule is COc1ccc(C(C)(C)C(=O)N(C)CC(=O)N2CCC(C(=O)O)CC2)cc1. The summed E-state index contributed by atoms with van der Waals surface area (Å²) in [7, 11) is 3.21. The van der Waals surface area contributed by atoms with E-state index >= 15 is 0 Å². The highest BCUT2D eigenvalue weighted by Gasteiger charge is 2.34. The lowest BCUT2D eigenvalue weighted by Gasteiger charge is -2.33. The fraction of sp³-hybridized carbons (Fsp3) is 0.550. The highest BCUT2D eigenvalue weighted by Crippen LogP contribution is 2.27. The summed E-state index contributed by atoms with van der Waals surface area (Å²) < 4.78 is 5.15. The van der Waals surface area contributed by atoms with E-state index in [1.807, 2.05) is 38.1 Å². The lowest BCUT2D eigenvalue weighted by atomic mass is 9.83. The summed E-state index contributed by atoms with van der Waals surface area (Å²) in [5.74, 6) is -0.782. The van der Waals surface area contributed by atoms with E-state index in [0.717, 1.165) is 11.3 Å². The third kappa shape index (κ3) is 4.78. The van der Waals surface area contributed by atoms with Gasteiger partial charge in [-0.05, 0) is 44.4 Å². The van der Waals surface area contributed by atoms with E-state index in [0.29, 0.717) is 25.9 Å². The van der Waals surface area contributed by atoms with Crippen LogP contribution >= 0.6 is 0 Å².